The number of hydrogen-bond acceptors (Lipinski definition) is 2. The predicted octanol–water partition coefficient (Wildman–Crippen LogP) is 3.76. The fraction of sp³-hybridized carbons (Fsp3) is 0.667. The molecule has 1 fully saturated rings. The Bertz CT molecular complexity index is 457. The molecule has 0 amide bonds. The van der Waals surface area contributed by atoms with E-state index in [1.165, 1.54) is 56.2 Å². The molecule has 0 aromatic heterocycles. The zero-order valence-corrected chi connectivity index (χ0v) is 12.6. The van der Waals surface area contributed by atoms with Crippen LogP contribution < -0.4 is 0 Å². The van der Waals surface area contributed by atoms with Crippen LogP contribution >= 0.6 is 0 Å². The van der Waals surface area contributed by atoms with Gasteiger partial charge in [-0.3, -0.25) is 0 Å². The highest BCUT2D eigenvalue weighted by Crippen LogP contribution is 2.32. The number of nitrogens with zero attached hydrogens (tertiary/aromatic N) is 1. The second-order valence-electron chi connectivity index (χ2n) is 6.71. The van der Waals surface area contributed by atoms with E-state index < -0.39 is 0 Å². The summed E-state index contributed by atoms with van der Waals surface area (Å²) in [7, 11) is 2.29. The summed E-state index contributed by atoms with van der Waals surface area (Å²) in [5.41, 5.74) is 2.85. The number of hydrogen-bond donors (Lipinski definition) is 1. The Balaban J connectivity index is 1.89. The summed E-state index contributed by atoms with van der Waals surface area (Å²) in [5.74, 6) is 1.29. The highest BCUT2D eigenvalue weighted by Gasteiger charge is 2.29. The molecule has 1 saturated heterocycles. The molecule has 2 atom stereocenters. The molecule has 0 bridgehead atoms. The fourth-order valence-electron chi connectivity index (χ4n) is 4.15. The smallest absolute Gasteiger partial charge is 0.115 e. The minimum absolute atomic E-state index is 0.425. The lowest BCUT2D eigenvalue weighted by Crippen LogP contribution is -2.44. The van der Waals surface area contributed by atoms with Crippen LogP contribution in [0.1, 0.15) is 49.7 Å². The van der Waals surface area contributed by atoms with Crippen molar-refractivity contribution in [2.75, 3.05) is 13.6 Å². The molecule has 1 aliphatic carbocycles. The van der Waals surface area contributed by atoms with E-state index >= 15 is 0 Å². The van der Waals surface area contributed by atoms with E-state index in [-0.39, 0.29) is 0 Å². The Morgan fingerprint density at radius 2 is 1.90 bits per heavy atom. The minimum atomic E-state index is 0.425. The Labute approximate surface area is 122 Å². The Morgan fingerprint density at radius 1 is 1.05 bits per heavy atom. The van der Waals surface area contributed by atoms with E-state index in [2.05, 4.69) is 18.0 Å². The van der Waals surface area contributed by atoms with Gasteiger partial charge in [0.2, 0.25) is 0 Å². The van der Waals surface area contributed by atoms with Crippen LogP contribution in [-0.4, -0.2) is 29.6 Å². The first kappa shape index (κ1) is 13.9. The SMILES string of the molecule is CN1CCC[C@H]2CCCCCc3cc(O)ccc3C[C@H]21. The van der Waals surface area contributed by atoms with Gasteiger partial charge in [0, 0.05) is 6.04 Å². The Kier molecular flexibility index (Phi) is 4.30. The summed E-state index contributed by atoms with van der Waals surface area (Å²) in [6.07, 6.45) is 10.4. The molecule has 0 unspecified atom stereocenters. The van der Waals surface area contributed by atoms with E-state index in [1.807, 2.05) is 12.1 Å². The molecule has 0 radical (unpaired) electrons. The quantitative estimate of drug-likeness (QED) is 0.778. The summed E-state index contributed by atoms with van der Waals surface area (Å²) >= 11 is 0. The Hall–Kier alpha value is -1.02. The van der Waals surface area contributed by atoms with Gasteiger partial charge in [0.15, 0.2) is 0 Å². The van der Waals surface area contributed by atoms with Crippen LogP contribution in [0.5, 0.6) is 5.75 Å². The molecule has 0 spiro atoms. The van der Waals surface area contributed by atoms with E-state index in [4.69, 9.17) is 0 Å². The number of fused-ring (bicyclic) bond motifs is 2. The molecule has 1 aromatic rings. The summed E-state index contributed by atoms with van der Waals surface area (Å²) in [5, 5.41) is 9.75. The van der Waals surface area contributed by atoms with Crippen molar-refractivity contribution in [3.05, 3.63) is 29.3 Å². The van der Waals surface area contributed by atoms with E-state index in [0.717, 1.165) is 18.8 Å². The first-order valence-corrected chi connectivity index (χ1v) is 8.25. The zero-order valence-electron chi connectivity index (χ0n) is 12.6. The summed E-state index contributed by atoms with van der Waals surface area (Å²) < 4.78 is 0. The monoisotopic (exact) mass is 273 g/mol. The third-order valence-corrected chi connectivity index (χ3v) is 5.34. The largest absolute Gasteiger partial charge is 0.508 e. The lowest BCUT2D eigenvalue weighted by molar-refractivity contribution is 0.111. The second kappa shape index (κ2) is 6.17. The second-order valence-corrected chi connectivity index (χ2v) is 6.71. The molecule has 3 rings (SSSR count). The topological polar surface area (TPSA) is 23.5 Å². The lowest BCUT2D eigenvalue weighted by atomic mass is 9.80. The number of rotatable bonds is 0. The summed E-state index contributed by atoms with van der Waals surface area (Å²) in [6, 6.07) is 6.72. The number of aryl methyl sites for hydroxylation is 1. The summed E-state index contributed by atoms with van der Waals surface area (Å²) in [6.45, 7) is 1.24. The van der Waals surface area contributed by atoms with Crippen molar-refractivity contribution in [1.29, 1.82) is 0 Å². The van der Waals surface area contributed by atoms with Crippen LogP contribution in [-0.2, 0) is 12.8 Å². The maximum absolute atomic E-state index is 9.75. The molecule has 0 saturated carbocycles. The van der Waals surface area contributed by atoms with Crippen molar-refractivity contribution in [3.63, 3.8) is 0 Å². The van der Waals surface area contributed by atoms with Crippen LogP contribution in [0.25, 0.3) is 0 Å². The van der Waals surface area contributed by atoms with Gasteiger partial charge in [-0.2, -0.15) is 0 Å². The van der Waals surface area contributed by atoms with Crippen LogP contribution in [0.3, 0.4) is 0 Å². The highest BCUT2D eigenvalue weighted by molar-refractivity contribution is 5.35. The maximum Gasteiger partial charge on any atom is 0.115 e. The summed E-state index contributed by atoms with van der Waals surface area (Å²) in [4.78, 5) is 2.58. The fourth-order valence-corrected chi connectivity index (χ4v) is 4.15. The van der Waals surface area contributed by atoms with Crippen molar-refractivity contribution in [2.45, 2.75) is 57.4 Å². The molecular weight excluding hydrogens is 246 g/mol. The van der Waals surface area contributed by atoms with E-state index in [1.54, 1.807) is 0 Å². The van der Waals surface area contributed by atoms with Gasteiger partial charge in [-0.25, -0.2) is 0 Å². The molecule has 1 heterocycles. The van der Waals surface area contributed by atoms with Gasteiger partial charge in [-0.1, -0.05) is 18.9 Å². The van der Waals surface area contributed by atoms with Gasteiger partial charge in [-0.15, -0.1) is 0 Å². The van der Waals surface area contributed by atoms with Crippen LogP contribution in [0.2, 0.25) is 0 Å². The Morgan fingerprint density at radius 3 is 2.80 bits per heavy atom. The lowest BCUT2D eigenvalue weighted by Gasteiger charge is -2.40. The third kappa shape index (κ3) is 3.01. The molecule has 2 nitrogen and oxygen atoms in total. The molecule has 1 N–H and O–H groups in total. The number of phenolic OH excluding ortho intramolecular Hbond substituents is 1. The zero-order chi connectivity index (χ0) is 13.9. The number of likely N-dealkylation sites (N-methyl/N-ethyl adjacent to an activating group) is 1. The molecule has 2 heteroatoms. The van der Waals surface area contributed by atoms with Gasteiger partial charge >= 0.3 is 0 Å². The average Bonchev–Trinajstić information content (AvgIpc) is 2.44. The van der Waals surface area contributed by atoms with Gasteiger partial charge < -0.3 is 10.0 Å². The van der Waals surface area contributed by atoms with Gasteiger partial charge in [0.1, 0.15) is 5.75 Å². The number of benzene rings is 1. The van der Waals surface area contributed by atoms with Crippen molar-refractivity contribution >= 4 is 0 Å². The van der Waals surface area contributed by atoms with Crippen molar-refractivity contribution in [2.24, 2.45) is 5.92 Å². The number of aromatic hydroxyl groups is 1. The predicted molar refractivity (Wildman–Crippen MR) is 83.1 cm³/mol. The minimum Gasteiger partial charge on any atom is -0.508 e. The maximum atomic E-state index is 9.75. The molecule has 1 aliphatic heterocycles. The number of phenols is 1. The first-order valence-electron chi connectivity index (χ1n) is 8.25. The van der Waals surface area contributed by atoms with Crippen molar-refractivity contribution in [3.8, 4) is 5.75 Å². The van der Waals surface area contributed by atoms with Gasteiger partial charge in [0.25, 0.3) is 0 Å². The standard InChI is InChI=1S/C18H27NO/c1-19-11-5-8-14-6-3-2-4-7-15-12-17(20)10-9-16(15)13-18(14)19/h9-10,12,14,18,20H,2-8,11,13H2,1H3/t14-,18-/m1/s1. The van der Waals surface area contributed by atoms with E-state index in [9.17, 15) is 5.11 Å². The van der Waals surface area contributed by atoms with Crippen molar-refractivity contribution in [1.82, 2.24) is 4.90 Å². The van der Waals surface area contributed by atoms with Crippen LogP contribution in [0, 0.1) is 5.92 Å². The molecule has 110 valence electrons. The van der Waals surface area contributed by atoms with Gasteiger partial charge in [0.05, 0.1) is 0 Å². The number of likely N-dealkylation sites (tertiary alicyclic amines) is 1. The van der Waals surface area contributed by atoms with Crippen LogP contribution in [0.4, 0.5) is 0 Å². The average molecular weight is 273 g/mol. The van der Waals surface area contributed by atoms with Crippen molar-refractivity contribution < 1.29 is 5.11 Å². The van der Waals surface area contributed by atoms with Gasteiger partial charge in [-0.05, 0) is 81.3 Å². The first-order chi connectivity index (χ1) is 9.74. The number of piperidine rings is 1. The normalized spacial score (nSPS) is 28.4. The molecule has 20 heavy (non-hydrogen) atoms. The third-order valence-electron chi connectivity index (χ3n) is 5.34. The highest BCUT2D eigenvalue weighted by atomic mass is 16.3. The van der Waals surface area contributed by atoms with Crippen LogP contribution in [0.15, 0.2) is 18.2 Å². The molecule has 1 aromatic carbocycles. The molecule has 2 aliphatic rings. The van der Waals surface area contributed by atoms with E-state index in [0.29, 0.717) is 11.8 Å². The molecular formula is C18H27NO.